The highest BCUT2D eigenvalue weighted by atomic mass is 35.5. The summed E-state index contributed by atoms with van der Waals surface area (Å²) in [6.45, 7) is 4.64. The van der Waals surface area contributed by atoms with Gasteiger partial charge >= 0.3 is 0 Å². The van der Waals surface area contributed by atoms with Gasteiger partial charge in [-0.05, 0) is 50.6 Å². The van der Waals surface area contributed by atoms with E-state index < -0.39 is 0 Å². The summed E-state index contributed by atoms with van der Waals surface area (Å²) in [5.41, 5.74) is 7.74. The van der Waals surface area contributed by atoms with Gasteiger partial charge in [-0.15, -0.1) is 12.4 Å². The third-order valence-electron chi connectivity index (χ3n) is 3.98. The average molecular weight is 355 g/mol. The first-order chi connectivity index (χ1) is 11.1. The van der Waals surface area contributed by atoms with Crippen LogP contribution in [0.5, 0.6) is 0 Å². The van der Waals surface area contributed by atoms with Crippen LogP contribution in [0.25, 0.3) is 0 Å². The molecule has 0 saturated carbocycles. The first kappa shape index (κ1) is 20.4. The number of likely N-dealkylation sites (tertiary alicyclic amines) is 1. The molecule has 7 heteroatoms. The number of nitrogens with two attached hydrogens (primary N) is 1. The van der Waals surface area contributed by atoms with Crippen LogP contribution in [0.4, 0.5) is 11.4 Å². The van der Waals surface area contributed by atoms with Gasteiger partial charge in [0.15, 0.2) is 0 Å². The Morgan fingerprint density at radius 1 is 1.12 bits per heavy atom. The van der Waals surface area contributed by atoms with Gasteiger partial charge in [0.05, 0.1) is 6.54 Å². The van der Waals surface area contributed by atoms with E-state index in [0.29, 0.717) is 18.8 Å². The van der Waals surface area contributed by atoms with Gasteiger partial charge in [-0.25, -0.2) is 0 Å². The van der Waals surface area contributed by atoms with Crippen molar-refractivity contribution in [2.45, 2.75) is 32.6 Å². The van der Waals surface area contributed by atoms with Crippen molar-refractivity contribution in [1.29, 1.82) is 0 Å². The third-order valence-corrected chi connectivity index (χ3v) is 3.98. The highest BCUT2D eigenvalue weighted by Crippen LogP contribution is 2.20. The number of rotatable bonds is 6. The number of carbonyl (C=O) groups excluding carboxylic acids is 2. The molecule has 2 amide bonds. The number of nitrogens with zero attached hydrogens (tertiary/aromatic N) is 1. The van der Waals surface area contributed by atoms with E-state index in [9.17, 15) is 9.59 Å². The number of anilines is 2. The van der Waals surface area contributed by atoms with Crippen LogP contribution >= 0.6 is 12.4 Å². The monoisotopic (exact) mass is 354 g/mol. The van der Waals surface area contributed by atoms with Crippen LogP contribution in [-0.2, 0) is 9.59 Å². The molecule has 0 spiro atoms. The second kappa shape index (κ2) is 10.3. The molecule has 0 unspecified atom stereocenters. The normalized spacial score (nSPS) is 14.6. The molecule has 134 valence electrons. The summed E-state index contributed by atoms with van der Waals surface area (Å²) < 4.78 is 0. The first-order valence-electron chi connectivity index (χ1n) is 8.21. The number of halogens is 1. The predicted molar refractivity (Wildman–Crippen MR) is 99.6 cm³/mol. The van der Waals surface area contributed by atoms with E-state index in [0.717, 1.165) is 37.2 Å². The Bertz CT molecular complexity index is 560. The second-order valence-corrected chi connectivity index (χ2v) is 6.00. The number of nitrogens with one attached hydrogen (secondary N) is 2. The van der Waals surface area contributed by atoms with Crippen molar-refractivity contribution < 1.29 is 9.59 Å². The SMILES string of the molecule is Cc1ccc(NC(=O)CCN)cc1NC(=O)CN1CCCCC1.Cl. The minimum absolute atomic E-state index is 0. The molecule has 0 aliphatic carbocycles. The van der Waals surface area contributed by atoms with Gasteiger partial charge in [-0.2, -0.15) is 0 Å². The predicted octanol–water partition coefficient (Wildman–Crippen LogP) is 2.13. The lowest BCUT2D eigenvalue weighted by molar-refractivity contribution is -0.117. The summed E-state index contributed by atoms with van der Waals surface area (Å²) in [5, 5.41) is 5.73. The number of hydrogen-bond acceptors (Lipinski definition) is 4. The van der Waals surface area contributed by atoms with Crippen molar-refractivity contribution in [3.8, 4) is 0 Å². The molecular formula is C17H27ClN4O2. The lowest BCUT2D eigenvalue weighted by atomic mass is 10.1. The number of benzene rings is 1. The highest BCUT2D eigenvalue weighted by molar-refractivity contribution is 5.95. The summed E-state index contributed by atoms with van der Waals surface area (Å²) in [4.78, 5) is 26.0. The summed E-state index contributed by atoms with van der Waals surface area (Å²) in [7, 11) is 0. The van der Waals surface area contributed by atoms with Gasteiger partial charge in [0, 0.05) is 24.3 Å². The number of piperidine rings is 1. The zero-order valence-corrected chi connectivity index (χ0v) is 15.0. The van der Waals surface area contributed by atoms with Crippen molar-refractivity contribution >= 4 is 35.6 Å². The molecule has 2 rings (SSSR count). The number of amides is 2. The summed E-state index contributed by atoms with van der Waals surface area (Å²) in [5.74, 6) is -0.137. The summed E-state index contributed by atoms with van der Waals surface area (Å²) in [6.07, 6.45) is 3.86. The fraction of sp³-hybridized carbons (Fsp3) is 0.529. The molecule has 1 aliphatic heterocycles. The van der Waals surface area contributed by atoms with Crippen LogP contribution in [0.1, 0.15) is 31.2 Å². The molecule has 1 aromatic carbocycles. The highest BCUT2D eigenvalue weighted by Gasteiger charge is 2.14. The molecule has 0 radical (unpaired) electrons. The molecule has 4 N–H and O–H groups in total. The van der Waals surface area contributed by atoms with Gasteiger partial charge in [0.1, 0.15) is 0 Å². The Kier molecular flexibility index (Phi) is 8.74. The Morgan fingerprint density at radius 3 is 2.50 bits per heavy atom. The van der Waals surface area contributed by atoms with Crippen molar-refractivity contribution in [3.05, 3.63) is 23.8 Å². The molecule has 0 atom stereocenters. The summed E-state index contributed by atoms with van der Waals surface area (Å²) in [6, 6.07) is 5.50. The van der Waals surface area contributed by atoms with Crippen LogP contribution in [-0.4, -0.2) is 42.9 Å². The van der Waals surface area contributed by atoms with E-state index in [1.807, 2.05) is 19.1 Å². The molecule has 24 heavy (non-hydrogen) atoms. The van der Waals surface area contributed by atoms with E-state index in [4.69, 9.17) is 5.73 Å². The van der Waals surface area contributed by atoms with Crippen molar-refractivity contribution in [2.75, 3.05) is 36.8 Å². The smallest absolute Gasteiger partial charge is 0.238 e. The van der Waals surface area contributed by atoms with Crippen LogP contribution in [0.3, 0.4) is 0 Å². The Labute approximate surface area is 149 Å². The van der Waals surface area contributed by atoms with Gasteiger partial charge in [0.2, 0.25) is 11.8 Å². The molecule has 1 heterocycles. The fourth-order valence-corrected chi connectivity index (χ4v) is 2.70. The van der Waals surface area contributed by atoms with Crippen molar-refractivity contribution in [2.24, 2.45) is 5.73 Å². The number of aryl methyl sites for hydroxylation is 1. The maximum atomic E-state index is 12.2. The van der Waals surface area contributed by atoms with E-state index in [1.54, 1.807) is 6.07 Å². The molecule has 1 aromatic rings. The molecule has 0 aromatic heterocycles. The van der Waals surface area contributed by atoms with E-state index >= 15 is 0 Å². The Balaban J connectivity index is 0.00000288. The van der Waals surface area contributed by atoms with Gasteiger partial charge in [-0.1, -0.05) is 12.5 Å². The Hall–Kier alpha value is -1.63. The lowest BCUT2D eigenvalue weighted by Crippen LogP contribution is -2.36. The molecule has 1 aliphatic rings. The largest absolute Gasteiger partial charge is 0.330 e. The van der Waals surface area contributed by atoms with E-state index in [2.05, 4.69) is 15.5 Å². The second-order valence-electron chi connectivity index (χ2n) is 6.00. The molecular weight excluding hydrogens is 328 g/mol. The summed E-state index contributed by atoms with van der Waals surface area (Å²) >= 11 is 0. The quantitative estimate of drug-likeness (QED) is 0.730. The zero-order valence-electron chi connectivity index (χ0n) is 14.1. The topological polar surface area (TPSA) is 87.5 Å². The minimum Gasteiger partial charge on any atom is -0.330 e. The first-order valence-corrected chi connectivity index (χ1v) is 8.21. The molecule has 1 fully saturated rings. The number of carbonyl (C=O) groups is 2. The van der Waals surface area contributed by atoms with Crippen LogP contribution in [0.2, 0.25) is 0 Å². The standard InChI is InChI=1S/C17H26N4O2.ClH/c1-13-5-6-14(19-16(22)7-8-18)11-15(13)20-17(23)12-21-9-3-2-4-10-21;/h5-6,11H,2-4,7-10,12,18H2,1H3,(H,19,22)(H,20,23);1H. The lowest BCUT2D eigenvalue weighted by Gasteiger charge is -2.25. The zero-order chi connectivity index (χ0) is 16.7. The molecule has 1 saturated heterocycles. The fourth-order valence-electron chi connectivity index (χ4n) is 2.70. The van der Waals surface area contributed by atoms with E-state index in [-0.39, 0.29) is 30.6 Å². The van der Waals surface area contributed by atoms with E-state index in [1.165, 1.54) is 6.42 Å². The maximum Gasteiger partial charge on any atom is 0.238 e. The number of hydrogen-bond donors (Lipinski definition) is 3. The van der Waals surface area contributed by atoms with Crippen LogP contribution in [0, 0.1) is 6.92 Å². The van der Waals surface area contributed by atoms with Crippen LogP contribution in [0.15, 0.2) is 18.2 Å². The van der Waals surface area contributed by atoms with Crippen molar-refractivity contribution in [1.82, 2.24) is 4.90 Å². The van der Waals surface area contributed by atoms with Gasteiger partial charge < -0.3 is 16.4 Å². The minimum atomic E-state index is -0.123. The van der Waals surface area contributed by atoms with Crippen molar-refractivity contribution in [3.63, 3.8) is 0 Å². The molecule has 0 bridgehead atoms. The maximum absolute atomic E-state index is 12.2. The van der Waals surface area contributed by atoms with Gasteiger partial charge in [0.25, 0.3) is 0 Å². The Morgan fingerprint density at radius 2 is 1.83 bits per heavy atom. The average Bonchev–Trinajstić information content (AvgIpc) is 2.52. The molecule has 6 nitrogen and oxygen atoms in total. The van der Waals surface area contributed by atoms with Gasteiger partial charge in [-0.3, -0.25) is 14.5 Å². The van der Waals surface area contributed by atoms with Crippen LogP contribution < -0.4 is 16.4 Å². The third kappa shape index (κ3) is 6.47.